The molecular formula is C20H22FN5OS. The van der Waals surface area contributed by atoms with Crippen molar-refractivity contribution in [2.24, 2.45) is 0 Å². The number of aromatic nitrogens is 4. The van der Waals surface area contributed by atoms with Gasteiger partial charge in [-0.05, 0) is 63.3 Å². The van der Waals surface area contributed by atoms with Gasteiger partial charge in [-0.25, -0.2) is 19.3 Å². The van der Waals surface area contributed by atoms with Crippen LogP contribution in [-0.2, 0) is 10.8 Å². The lowest BCUT2D eigenvalue weighted by Gasteiger charge is -2.30. The van der Waals surface area contributed by atoms with Gasteiger partial charge in [0, 0.05) is 24.1 Å². The van der Waals surface area contributed by atoms with Crippen LogP contribution < -0.4 is 0 Å². The topological polar surface area (TPSA) is 63.9 Å². The van der Waals surface area contributed by atoms with Crippen molar-refractivity contribution < 1.29 is 8.60 Å². The zero-order valence-electron chi connectivity index (χ0n) is 15.9. The molecule has 0 bridgehead atoms. The molecule has 3 aromatic rings. The Kier molecular flexibility index (Phi) is 5.32. The van der Waals surface area contributed by atoms with Crippen molar-refractivity contribution in [1.29, 1.82) is 0 Å². The van der Waals surface area contributed by atoms with Gasteiger partial charge in [0.25, 0.3) is 0 Å². The van der Waals surface area contributed by atoms with E-state index in [4.69, 9.17) is 0 Å². The van der Waals surface area contributed by atoms with Crippen LogP contribution in [0, 0.1) is 5.82 Å². The second-order valence-electron chi connectivity index (χ2n) is 7.07. The second-order valence-corrected chi connectivity index (χ2v) is 8.34. The quantitative estimate of drug-likeness (QED) is 0.631. The average molecular weight is 399 g/mol. The Morgan fingerprint density at radius 3 is 2.50 bits per heavy atom. The van der Waals surface area contributed by atoms with Crippen LogP contribution in [0.25, 0.3) is 22.6 Å². The molecule has 3 heterocycles. The van der Waals surface area contributed by atoms with Gasteiger partial charge in [-0.1, -0.05) is 0 Å². The molecule has 1 atom stereocenters. The van der Waals surface area contributed by atoms with Crippen LogP contribution in [-0.4, -0.2) is 55.0 Å². The molecular weight excluding hydrogens is 377 g/mol. The summed E-state index contributed by atoms with van der Waals surface area (Å²) in [7, 11) is 0.848. The predicted molar refractivity (Wildman–Crippen MR) is 107 cm³/mol. The predicted octanol–water partition coefficient (Wildman–Crippen LogP) is 3.15. The summed E-state index contributed by atoms with van der Waals surface area (Å²) < 4.78 is 27.5. The summed E-state index contributed by atoms with van der Waals surface area (Å²) in [4.78, 5) is 15.6. The highest BCUT2D eigenvalue weighted by atomic mass is 32.2. The van der Waals surface area contributed by atoms with Crippen molar-refractivity contribution in [3.05, 3.63) is 48.7 Å². The third-order valence-corrected chi connectivity index (χ3v) is 5.84. The number of hydrogen-bond donors (Lipinski definition) is 0. The summed E-state index contributed by atoms with van der Waals surface area (Å²) in [6, 6.07) is 8.42. The Hall–Kier alpha value is -2.45. The molecule has 2 aromatic heterocycles. The van der Waals surface area contributed by atoms with Gasteiger partial charge < -0.3 is 9.47 Å². The minimum Gasteiger partial charge on any atom is -0.326 e. The van der Waals surface area contributed by atoms with E-state index in [1.807, 2.05) is 12.4 Å². The number of hydrogen-bond acceptors (Lipinski definition) is 5. The van der Waals surface area contributed by atoms with Gasteiger partial charge in [-0.2, -0.15) is 0 Å². The standard InChI is InChI=1S/C20H22FN5OS/c1-25-11-8-16(9-12-25)26-13-23-18(14-3-5-15(21)6-4-14)19(26)17-7-10-22-20(24-17)28(2)27/h3-7,10,13,16H,8-9,11-12H2,1-2H3. The Bertz CT molecular complexity index is 996. The SMILES string of the molecule is CN1CCC(n2cnc(-c3ccc(F)cc3)c2-c2ccnc(S(C)=O)n2)CC1. The highest BCUT2D eigenvalue weighted by molar-refractivity contribution is 7.84. The maximum absolute atomic E-state index is 13.4. The molecule has 0 amide bonds. The van der Waals surface area contributed by atoms with E-state index in [0.717, 1.165) is 42.9 Å². The fourth-order valence-corrected chi connectivity index (χ4v) is 4.03. The number of halogens is 1. The molecule has 1 fully saturated rings. The van der Waals surface area contributed by atoms with Crippen LogP contribution in [0.15, 0.2) is 48.0 Å². The first-order valence-electron chi connectivity index (χ1n) is 9.21. The number of nitrogens with zero attached hydrogens (tertiary/aromatic N) is 5. The van der Waals surface area contributed by atoms with E-state index in [1.165, 1.54) is 12.1 Å². The monoisotopic (exact) mass is 399 g/mol. The molecule has 28 heavy (non-hydrogen) atoms. The molecule has 1 aliphatic rings. The van der Waals surface area contributed by atoms with Crippen LogP contribution in [0.1, 0.15) is 18.9 Å². The Labute approximate surface area is 165 Å². The summed E-state index contributed by atoms with van der Waals surface area (Å²) in [5.41, 5.74) is 3.09. The van der Waals surface area contributed by atoms with Crippen molar-refractivity contribution >= 4 is 10.8 Å². The lowest BCUT2D eigenvalue weighted by Crippen LogP contribution is -2.31. The summed E-state index contributed by atoms with van der Waals surface area (Å²) >= 11 is 0. The third-order valence-electron chi connectivity index (χ3n) is 5.13. The first kappa shape index (κ1) is 18.9. The summed E-state index contributed by atoms with van der Waals surface area (Å²) in [5.74, 6) is -0.286. The summed E-state index contributed by atoms with van der Waals surface area (Å²) in [5, 5.41) is 0.290. The Morgan fingerprint density at radius 1 is 1.11 bits per heavy atom. The van der Waals surface area contributed by atoms with E-state index in [0.29, 0.717) is 16.9 Å². The molecule has 1 saturated heterocycles. The van der Waals surface area contributed by atoms with E-state index in [9.17, 15) is 8.60 Å². The maximum atomic E-state index is 13.4. The first-order chi connectivity index (χ1) is 13.5. The highest BCUT2D eigenvalue weighted by Crippen LogP contribution is 2.35. The Balaban J connectivity index is 1.85. The highest BCUT2D eigenvalue weighted by Gasteiger charge is 2.25. The molecule has 4 rings (SSSR count). The van der Waals surface area contributed by atoms with Crippen molar-refractivity contribution in [3.63, 3.8) is 0 Å². The van der Waals surface area contributed by atoms with E-state index < -0.39 is 10.8 Å². The smallest absolute Gasteiger partial charge is 0.218 e. The van der Waals surface area contributed by atoms with Crippen molar-refractivity contribution in [1.82, 2.24) is 24.4 Å². The van der Waals surface area contributed by atoms with Gasteiger partial charge in [-0.15, -0.1) is 0 Å². The van der Waals surface area contributed by atoms with Crippen molar-refractivity contribution in [2.75, 3.05) is 26.4 Å². The number of benzene rings is 1. The van der Waals surface area contributed by atoms with Gasteiger partial charge in [-0.3, -0.25) is 4.21 Å². The molecule has 8 heteroatoms. The number of rotatable bonds is 4. The molecule has 1 aliphatic heterocycles. The maximum Gasteiger partial charge on any atom is 0.218 e. The molecule has 146 valence electrons. The average Bonchev–Trinajstić information content (AvgIpc) is 3.14. The van der Waals surface area contributed by atoms with Crippen LogP contribution in [0.5, 0.6) is 0 Å². The molecule has 0 saturated carbocycles. The fraction of sp³-hybridized carbons (Fsp3) is 0.350. The van der Waals surface area contributed by atoms with Gasteiger partial charge in [0.2, 0.25) is 5.16 Å². The zero-order chi connectivity index (χ0) is 19.7. The molecule has 0 radical (unpaired) electrons. The largest absolute Gasteiger partial charge is 0.326 e. The Morgan fingerprint density at radius 2 is 1.82 bits per heavy atom. The van der Waals surface area contributed by atoms with Crippen molar-refractivity contribution in [3.8, 4) is 22.6 Å². The second kappa shape index (κ2) is 7.89. The van der Waals surface area contributed by atoms with Gasteiger partial charge in [0.1, 0.15) is 5.82 Å². The number of likely N-dealkylation sites (tertiary alicyclic amines) is 1. The van der Waals surface area contributed by atoms with Crippen LogP contribution in [0.2, 0.25) is 0 Å². The summed E-state index contributed by atoms with van der Waals surface area (Å²) in [6.45, 7) is 2.03. The molecule has 0 aliphatic carbocycles. The molecule has 6 nitrogen and oxygen atoms in total. The third kappa shape index (κ3) is 3.74. The zero-order valence-corrected chi connectivity index (χ0v) is 16.7. The van der Waals surface area contributed by atoms with E-state index in [-0.39, 0.29) is 5.82 Å². The number of imidazole rings is 1. The molecule has 1 unspecified atom stereocenters. The van der Waals surface area contributed by atoms with Crippen LogP contribution >= 0.6 is 0 Å². The fourth-order valence-electron chi connectivity index (χ4n) is 3.59. The summed E-state index contributed by atoms with van der Waals surface area (Å²) in [6.07, 6.45) is 7.06. The number of piperidine rings is 1. The van der Waals surface area contributed by atoms with E-state index >= 15 is 0 Å². The lowest BCUT2D eigenvalue weighted by atomic mass is 10.0. The van der Waals surface area contributed by atoms with Crippen molar-refractivity contribution in [2.45, 2.75) is 24.0 Å². The normalized spacial score (nSPS) is 17.0. The lowest BCUT2D eigenvalue weighted by molar-refractivity contribution is 0.222. The van der Waals surface area contributed by atoms with Gasteiger partial charge in [0.15, 0.2) is 0 Å². The molecule has 1 aromatic carbocycles. The van der Waals surface area contributed by atoms with Crippen LogP contribution in [0.4, 0.5) is 4.39 Å². The minimum atomic E-state index is -1.28. The van der Waals surface area contributed by atoms with Crippen LogP contribution in [0.3, 0.4) is 0 Å². The van der Waals surface area contributed by atoms with E-state index in [1.54, 1.807) is 24.6 Å². The first-order valence-corrected chi connectivity index (χ1v) is 10.8. The van der Waals surface area contributed by atoms with Gasteiger partial charge >= 0.3 is 0 Å². The van der Waals surface area contributed by atoms with Gasteiger partial charge in [0.05, 0.1) is 34.2 Å². The minimum absolute atomic E-state index is 0.286. The molecule has 0 spiro atoms. The van der Waals surface area contributed by atoms with E-state index in [2.05, 4.69) is 31.5 Å². The molecule has 0 N–H and O–H groups in total.